The van der Waals surface area contributed by atoms with Crippen molar-refractivity contribution in [3.63, 3.8) is 0 Å². The average molecular weight is 482 g/mol. The zero-order valence-electron chi connectivity index (χ0n) is 20.1. The van der Waals surface area contributed by atoms with E-state index in [0.29, 0.717) is 17.5 Å². The molecule has 0 unspecified atom stereocenters. The second-order valence-electron chi connectivity index (χ2n) is 9.48. The molecule has 1 fully saturated rings. The number of aliphatic carboxylic acids is 1. The largest absolute Gasteiger partial charge is 0.481 e. The second-order valence-corrected chi connectivity index (χ2v) is 10.5. The van der Waals surface area contributed by atoms with Gasteiger partial charge in [0.15, 0.2) is 0 Å². The lowest BCUT2D eigenvalue weighted by molar-refractivity contribution is -0.137. The third-order valence-corrected chi connectivity index (χ3v) is 7.97. The molecule has 0 radical (unpaired) electrons. The van der Waals surface area contributed by atoms with Crippen molar-refractivity contribution in [2.45, 2.75) is 83.7 Å². The molecule has 2 heterocycles. The Bertz CT molecular complexity index is 1110. The van der Waals surface area contributed by atoms with Crippen LogP contribution in [0.15, 0.2) is 35.7 Å². The van der Waals surface area contributed by atoms with Crippen LogP contribution in [0.2, 0.25) is 0 Å². The molecule has 1 atom stereocenters. The SMILES string of the molecule is CCC(CC)n1c(Cc2cccs2)nc2cc(C(=O)N[C@H](CC(=O)O)CC3CCCC3)ccc21. The number of benzene rings is 1. The van der Waals surface area contributed by atoms with Gasteiger partial charge in [-0.2, -0.15) is 0 Å². The highest BCUT2D eigenvalue weighted by molar-refractivity contribution is 7.09. The molecule has 6 nitrogen and oxygen atoms in total. The number of carbonyl (C=O) groups is 2. The van der Waals surface area contributed by atoms with Crippen molar-refractivity contribution in [3.8, 4) is 0 Å². The van der Waals surface area contributed by atoms with Gasteiger partial charge in [0.1, 0.15) is 5.82 Å². The van der Waals surface area contributed by atoms with E-state index in [1.54, 1.807) is 11.3 Å². The molecular formula is C27H35N3O3S. The molecule has 1 aromatic carbocycles. The maximum Gasteiger partial charge on any atom is 0.305 e. The number of carbonyl (C=O) groups excluding carboxylic acids is 1. The first-order valence-corrected chi connectivity index (χ1v) is 13.4. The van der Waals surface area contributed by atoms with E-state index in [0.717, 1.165) is 55.4 Å². The van der Waals surface area contributed by atoms with E-state index in [4.69, 9.17) is 4.98 Å². The van der Waals surface area contributed by atoms with E-state index in [-0.39, 0.29) is 18.4 Å². The predicted molar refractivity (Wildman–Crippen MR) is 137 cm³/mol. The number of fused-ring (bicyclic) bond motifs is 1. The van der Waals surface area contributed by atoms with Gasteiger partial charge >= 0.3 is 5.97 Å². The molecular weight excluding hydrogens is 446 g/mol. The first kappa shape index (κ1) is 24.5. The Morgan fingerprint density at radius 3 is 2.62 bits per heavy atom. The molecule has 0 aliphatic heterocycles. The lowest BCUT2D eigenvalue weighted by Gasteiger charge is -2.21. The van der Waals surface area contributed by atoms with Crippen LogP contribution in [0.25, 0.3) is 11.0 Å². The second kappa shape index (κ2) is 11.2. The van der Waals surface area contributed by atoms with Crippen LogP contribution in [0, 0.1) is 5.92 Å². The van der Waals surface area contributed by atoms with Gasteiger partial charge in [-0.1, -0.05) is 45.6 Å². The van der Waals surface area contributed by atoms with E-state index in [9.17, 15) is 14.7 Å². The van der Waals surface area contributed by atoms with Gasteiger partial charge in [-0.3, -0.25) is 9.59 Å². The zero-order valence-corrected chi connectivity index (χ0v) is 20.9. The van der Waals surface area contributed by atoms with Crippen LogP contribution in [0.3, 0.4) is 0 Å². The number of nitrogens with one attached hydrogen (secondary N) is 1. The van der Waals surface area contributed by atoms with Gasteiger partial charge in [-0.05, 0) is 54.8 Å². The molecule has 1 saturated carbocycles. The number of imidazole rings is 1. The standard InChI is InChI=1S/C27H35N3O3S/c1-3-21(4-2)30-24-12-11-19(15-23(24)29-25(30)17-22-10-7-13-34-22)27(33)28-20(16-26(31)32)14-18-8-5-6-9-18/h7,10-13,15,18,20-21H,3-6,8-9,14,16-17H2,1-2H3,(H,28,33)(H,31,32)/t20-/m0/s1. The minimum atomic E-state index is -0.874. The number of carboxylic acid groups (broad SMARTS) is 1. The monoisotopic (exact) mass is 481 g/mol. The summed E-state index contributed by atoms with van der Waals surface area (Å²) < 4.78 is 2.34. The van der Waals surface area contributed by atoms with Crippen LogP contribution >= 0.6 is 11.3 Å². The number of rotatable bonds is 11. The van der Waals surface area contributed by atoms with Crippen LogP contribution in [0.1, 0.15) is 92.3 Å². The molecule has 2 N–H and O–H groups in total. The molecule has 34 heavy (non-hydrogen) atoms. The Hall–Kier alpha value is -2.67. The Balaban J connectivity index is 1.59. The molecule has 2 aromatic heterocycles. The Kier molecular flexibility index (Phi) is 8.03. The third-order valence-electron chi connectivity index (χ3n) is 7.09. The number of thiophene rings is 1. The highest BCUT2D eigenvalue weighted by atomic mass is 32.1. The fourth-order valence-corrected chi connectivity index (χ4v) is 6.07. The van der Waals surface area contributed by atoms with E-state index >= 15 is 0 Å². The molecule has 0 saturated heterocycles. The number of aromatic nitrogens is 2. The van der Waals surface area contributed by atoms with Crippen LogP contribution in [-0.2, 0) is 11.2 Å². The molecule has 182 valence electrons. The van der Waals surface area contributed by atoms with Crippen LogP contribution in [0.4, 0.5) is 0 Å². The summed E-state index contributed by atoms with van der Waals surface area (Å²) in [6.07, 6.45) is 8.13. The fourth-order valence-electron chi connectivity index (χ4n) is 5.37. The number of hydrogen-bond donors (Lipinski definition) is 2. The lowest BCUT2D eigenvalue weighted by atomic mass is 9.96. The molecule has 0 spiro atoms. The molecule has 1 aliphatic carbocycles. The Morgan fingerprint density at radius 1 is 1.21 bits per heavy atom. The number of amides is 1. The summed E-state index contributed by atoms with van der Waals surface area (Å²) >= 11 is 1.73. The molecule has 4 rings (SSSR count). The maximum atomic E-state index is 13.1. The number of nitrogens with zero attached hydrogens (tertiary/aromatic N) is 2. The zero-order chi connectivity index (χ0) is 24.1. The van der Waals surface area contributed by atoms with Crippen molar-refractivity contribution in [1.82, 2.24) is 14.9 Å². The lowest BCUT2D eigenvalue weighted by Crippen LogP contribution is -2.37. The summed E-state index contributed by atoms with van der Waals surface area (Å²) in [6, 6.07) is 9.90. The maximum absolute atomic E-state index is 13.1. The number of hydrogen-bond acceptors (Lipinski definition) is 4. The van der Waals surface area contributed by atoms with Crippen molar-refractivity contribution >= 4 is 34.2 Å². The smallest absolute Gasteiger partial charge is 0.305 e. The molecule has 1 aliphatic rings. The minimum absolute atomic E-state index is 0.0429. The summed E-state index contributed by atoms with van der Waals surface area (Å²) in [7, 11) is 0. The Labute approximate surface area is 205 Å². The summed E-state index contributed by atoms with van der Waals surface area (Å²) in [4.78, 5) is 30.7. The normalized spacial score (nSPS) is 15.3. The van der Waals surface area contributed by atoms with E-state index in [2.05, 4.69) is 41.2 Å². The first-order valence-electron chi connectivity index (χ1n) is 12.5. The van der Waals surface area contributed by atoms with Gasteiger partial charge in [-0.25, -0.2) is 4.98 Å². The topological polar surface area (TPSA) is 84.2 Å². The fraction of sp³-hybridized carbons (Fsp3) is 0.519. The Morgan fingerprint density at radius 2 is 1.97 bits per heavy atom. The summed E-state index contributed by atoms with van der Waals surface area (Å²) in [5, 5.41) is 14.4. The van der Waals surface area contributed by atoms with Crippen molar-refractivity contribution in [2.75, 3.05) is 0 Å². The van der Waals surface area contributed by atoms with E-state index < -0.39 is 5.97 Å². The van der Waals surface area contributed by atoms with Crippen molar-refractivity contribution in [3.05, 3.63) is 52.0 Å². The average Bonchev–Trinajstić information content (AvgIpc) is 3.56. The summed E-state index contributed by atoms with van der Waals surface area (Å²) in [5.41, 5.74) is 2.40. The third kappa shape index (κ3) is 5.69. The van der Waals surface area contributed by atoms with Gasteiger partial charge in [0, 0.05) is 28.9 Å². The van der Waals surface area contributed by atoms with Crippen molar-refractivity contribution in [1.29, 1.82) is 0 Å². The molecule has 3 aromatic rings. The van der Waals surface area contributed by atoms with Crippen LogP contribution in [-0.4, -0.2) is 32.6 Å². The molecule has 0 bridgehead atoms. The van der Waals surface area contributed by atoms with E-state index in [1.165, 1.54) is 17.7 Å². The van der Waals surface area contributed by atoms with Gasteiger partial charge in [0.25, 0.3) is 5.91 Å². The number of carboxylic acids is 1. The highest BCUT2D eigenvalue weighted by Crippen LogP contribution is 2.30. The first-order chi connectivity index (χ1) is 16.5. The van der Waals surface area contributed by atoms with Gasteiger partial charge < -0.3 is 15.0 Å². The van der Waals surface area contributed by atoms with Gasteiger partial charge in [0.2, 0.25) is 0 Å². The minimum Gasteiger partial charge on any atom is -0.481 e. The quantitative estimate of drug-likeness (QED) is 0.341. The van der Waals surface area contributed by atoms with Crippen molar-refractivity contribution in [2.24, 2.45) is 5.92 Å². The molecule has 7 heteroatoms. The van der Waals surface area contributed by atoms with Crippen LogP contribution < -0.4 is 5.32 Å². The van der Waals surface area contributed by atoms with Gasteiger partial charge in [0.05, 0.1) is 17.5 Å². The van der Waals surface area contributed by atoms with Crippen molar-refractivity contribution < 1.29 is 14.7 Å². The van der Waals surface area contributed by atoms with E-state index in [1.807, 2.05) is 18.2 Å². The van der Waals surface area contributed by atoms with Gasteiger partial charge in [-0.15, -0.1) is 11.3 Å². The predicted octanol–water partition coefficient (Wildman–Crippen LogP) is 6.20. The summed E-state index contributed by atoms with van der Waals surface area (Å²) in [5.74, 6) is 0.431. The molecule has 1 amide bonds. The summed E-state index contributed by atoms with van der Waals surface area (Å²) in [6.45, 7) is 4.40. The van der Waals surface area contributed by atoms with Crippen LogP contribution in [0.5, 0.6) is 0 Å². The highest BCUT2D eigenvalue weighted by Gasteiger charge is 2.24.